The van der Waals surface area contributed by atoms with Crippen LogP contribution in [0.25, 0.3) is 33.8 Å². The predicted octanol–water partition coefficient (Wildman–Crippen LogP) is 20.0. The lowest BCUT2D eigenvalue weighted by Crippen LogP contribution is -2.17. The minimum atomic E-state index is 0.366. The maximum absolute atomic E-state index is 5.12. The average molecular weight is 1240 g/mol. The first-order valence-corrected chi connectivity index (χ1v) is 32.3. The van der Waals surface area contributed by atoms with Crippen molar-refractivity contribution in [3.05, 3.63) is 254 Å². The second-order valence-corrected chi connectivity index (χ2v) is 25.4. The Bertz CT molecular complexity index is 3850. The van der Waals surface area contributed by atoms with Crippen LogP contribution in [-0.4, -0.2) is 59.8 Å². The number of anilines is 12. The SMILES string of the molecule is CC(C)c1ccc(N(c2ccc(C(C)C)cc2)c2ncc(-c3ncncc3N(c3cncnc3-c3cnc(N(c4ccc(C(C)C)cc4)c4ccc(C(C)C)cc4)nc3)c3cncnc3-c3cnc(N(c4ccc(C(C)C)cc4)c4ccc(C(C)C)cc4)nc3)cn2)cc1. The first-order chi connectivity index (χ1) is 45.6. The number of hydrogen-bond donors (Lipinski definition) is 0. The van der Waals surface area contributed by atoms with E-state index in [0.717, 1.165) is 34.1 Å². The van der Waals surface area contributed by atoms with Crippen LogP contribution in [0.1, 0.15) is 152 Å². The summed E-state index contributed by atoms with van der Waals surface area (Å²) in [7, 11) is 0. The summed E-state index contributed by atoms with van der Waals surface area (Å²) in [6.07, 6.45) is 20.6. The molecule has 12 aromatic rings. The highest BCUT2D eigenvalue weighted by molar-refractivity contribution is 5.94. The fraction of sp³-hybridized carbons (Fsp3) is 0.231. The Kier molecular flexibility index (Phi) is 18.7. The first-order valence-electron chi connectivity index (χ1n) is 32.3. The Balaban J connectivity index is 0.991. The second kappa shape index (κ2) is 27.8. The Morgan fingerprint density at radius 3 is 0.564 bits per heavy atom. The number of aromatic nitrogens is 12. The predicted molar refractivity (Wildman–Crippen MR) is 380 cm³/mol. The second-order valence-electron chi connectivity index (χ2n) is 25.4. The Labute approximate surface area is 551 Å². The molecule has 0 radical (unpaired) electrons. The Morgan fingerprint density at radius 1 is 0.213 bits per heavy atom. The van der Waals surface area contributed by atoms with Crippen LogP contribution in [0.3, 0.4) is 0 Å². The van der Waals surface area contributed by atoms with Crippen LogP contribution in [0.4, 0.5) is 69.0 Å². The third-order valence-corrected chi connectivity index (χ3v) is 17.0. The summed E-state index contributed by atoms with van der Waals surface area (Å²) in [5.41, 5.74) is 17.9. The fourth-order valence-corrected chi connectivity index (χ4v) is 11.4. The van der Waals surface area contributed by atoms with E-state index in [9.17, 15) is 0 Å². The normalized spacial score (nSPS) is 11.6. The summed E-state index contributed by atoms with van der Waals surface area (Å²) in [6.45, 7) is 26.4. The molecule has 0 atom stereocenters. The average Bonchev–Trinajstić information content (AvgIpc) is 1.000. The largest absolute Gasteiger partial charge is 0.300 e. The quantitative estimate of drug-likeness (QED) is 0.0666. The van der Waals surface area contributed by atoms with Crippen molar-refractivity contribution in [1.82, 2.24) is 59.8 Å². The molecule has 94 heavy (non-hydrogen) atoms. The van der Waals surface area contributed by atoms with Gasteiger partial charge in [0.15, 0.2) is 0 Å². The topological polar surface area (TPSA) is 168 Å². The van der Waals surface area contributed by atoms with Crippen molar-refractivity contribution in [3.8, 4) is 33.8 Å². The van der Waals surface area contributed by atoms with Gasteiger partial charge in [0, 0.05) is 88.0 Å². The van der Waals surface area contributed by atoms with E-state index in [1.807, 2.05) is 4.90 Å². The summed E-state index contributed by atoms with van der Waals surface area (Å²) in [6, 6.07) is 51.5. The highest BCUT2D eigenvalue weighted by atomic mass is 15.3. The third-order valence-electron chi connectivity index (χ3n) is 17.0. The van der Waals surface area contributed by atoms with Crippen molar-refractivity contribution >= 4 is 69.0 Å². The van der Waals surface area contributed by atoms with E-state index in [1.165, 1.54) is 52.4 Å². The van der Waals surface area contributed by atoms with Gasteiger partial charge in [0.1, 0.15) is 36.1 Å². The van der Waals surface area contributed by atoms with E-state index in [2.05, 4.69) is 243 Å². The van der Waals surface area contributed by atoms with Gasteiger partial charge < -0.3 is 0 Å². The van der Waals surface area contributed by atoms with Gasteiger partial charge in [0.25, 0.3) is 0 Å². The van der Waals surface area contributed by atoms with E-state index < -0.39 is 0 Å². The maximum atomic E-state index is 5.12. The summed E-state index contributed by atoms with van der Waals surface area (Å²) in [5.74, 6) is 3.63. The van der Waals surface area contributed by atoms with E-state index in [-0.39, 0.29) is 0 Å². The zero-order valence-corrected chi connectivity index (χ0v) is 55.4. The molecule has 0 aliphatic carbocycles. The Hall–Kier alpha value is -11.0. The molecule has 6 heterocycles. The highest BCUT2D eigenvalue weighted by Gasteiger charge is 2.29. The van der Waals surface area contributed by atoms with E-state index >= 15 is 0 Å². The summed E-state index contributed by atoms with van der Waals surface area (Å²) in [5, 5.41) is 0. The molecular formula is C78H78N16. The smallest absolute Gasteiger partial charge is 0.234 e. The Morgan fingerprint density at radius 2 is 0.394 bits per heavy atom. The molecule has 12 rings (SSSR count). The van der Waals surface area contributed by atoms with Gasteiger partial charge in [-0.25, -0.2) is 59.8 Å². The van der Waals surface area contributed by atoms with Crippen LogP contribution in [0.15, 0.2) is 220 Å². The monoisotopic (exact) mass is 1240 g/mol. The van der Waals surface area contributed by atoms with Gasteiger partial charge in [-0.05, 0) is 142 Å². The van der Waals surface area contributed by atoms with Crippen molar-refractivity contribution in [1.29, 1.82) is 0 Å². The molecule has 0 saturated heterocycles. The lowest BCUT2D eigenvalue weighted by molar-refractivity contribution is 0.865. The number of hydrogen-bond acceptors (Lipinski definition) is 16. The van der Waals surface area contributed by atoms with Gasteiger partial charge in [0.2, 0.25) is 17.8 Å². The molecule has 6 aromatic carbocycles. The zero-order valence-electron chi connectivity index (χ0n) is 55.4. The van der Waals surface area contributed by atoms with Crippen molar-refractivity contribution in [2.75, 3.05) is 19.6 Å². The van der Waals surface area contributed by atoms with E-state index in [4.69, 9.17) is 59.8 Å². The maximum Gasteiger partial charge on any atom is 0.234 e. The fourth-order valence-electron chi connectivity index (χ4n) is 11.4. The van der Waals surface area contributed by atoms with Crippen LogP contribution < -0.4 is 19.6 Å². The van der Waals surface area contributed by atoms with Crippen LogP contribution in [-0.2, 0) is 0 Å². The van der Waals surface area contributed by atoms with Gasteiger partial charge in [0.05, 0.1) is 35.7 Å². The molecule has 0 bridgehead atoms. The summed E-state index contributed by atoms with van der Waals surface area (Å²) in [4.78, 5) is 68.1. The van der Waals surface area contributed by atoms with Crippen molar-refractivity contribution in [3.63, 3.8) is 0 Å². The van der Waals surface area contributed by atoms with Crippen LogP contribution in [0.2, 0.25) is 0 Å². The standard InChI is InChI=1S/C78H78N16/c1-49(2)55-13-25-64(26-14-55)91(65-27-15-56(16-28-65)50(3)4)76-82-37-61(38-83-76)73-70(43-79-46-88-73)94(71-44-80-47-89-74(71)62-39-84-77(85-40-62)92(66-29-17-57(18-30-66)51(5)6)67-31-19-58(20-32-67)52(7)8)72-45-81-48-90-75(72)63-41-86-78(87-42-63)93(68-33-21-59(22-34-68)53(9)10)69-35-23-60(24-36-69)54(11)12/h13-54H,1-12H3. The van der Waals surface area contributed by atoms with Crippen molar-refractivity contribution in [2.45, 2.75) is 119 Å². The van der Waals surface area contributed by atoms with Gasteiger partial charge >= 0.3 is 0 Å². The van der Waals surface area contributed by atoms with Gasteiger partial charge in [-0.2, -0.15) is 0 Å². The molecule has 0 spiro atoms. The van der Waals surface area contributed by atoms with Gasteiger partial charge in [-0.1, -0.05) is 156 Å². The minimum absolute atomic E-state index is 0.366. The van der Waals surface area contributed by atoms with Crippen molar-refractivity contribution < 1.29 is 0 Å². The van der Waals surface area contributed by atoms with Crippen molar-refractivity contribution in [2.24, 2.45) is 0 Å². The van der Waals surface area contributed by atoms with Crippen LogP contribution in [0, 0.1) is 0 Å². The number of rotatable bonds is 21. The third kappa shape index (κ3) is 13.5. The van der Waals surface area contributed by atoms with Gasteiger partial charge in [-0.3, -0.25) is 19.6 Å². The van der Waals surface area contributed by atoms with E-state index in [0.29, 0.717) is 104 Å². The number of nitrogens with zero attached hydrogens (tertiary/aromatic N) is 16. The molecule has 16 nitrogen and oxygen atoms in total. The molecule has 0 amide bonds. The molecule has 16 heteroatoms. The van der Waals surface area contributed by atoms with Crippen LogP contribution in [0.5, 0.6) is 0 Å². The molecule has 0 N–H and O–H groups in total. The lowest BCUT2D eigenvalue weighted by atomic mass is 10.0. The molecule has 0 saturated carbocycles. The zero-order chi connectivity index (χ0) is 65.6. The lowest BCUT2D eigenvalue weighted by Gasteiger charge is -2.29. The summed E-state index contributed by atoms with van der Waals surface area (Å²) >= 11 is 0. The summed E-state index contributed by atoms with van der Waals surface area (Å²) < 4.78 is 0. The molecule has 6 aromatic heterocycles. The minimum Gasteiger partial charge on any atom is -0.300 e. The molecule has 0 aliphatic heterocycles. The van der Waals surface area contributed by atoms with Crippen LogP contribution >= 0.6 is 0 Å². The molecule has 0 unspecified atom stereocenters. The first kappa shape index (κ1) is 63.2. The molecule has 0 aliphatic rings. The molecular weight excluding hydrogens is 1160 g/mol. The van der Waals surface area contributed by atoms with E-state index in [1.54, 1.807) is 55.8 Å². The molecule has 0 fully saturated rings. The molecule has 470 valence electrons. The highest BCUT2D eigenvalue weighted by Crippen LogP contribution is 2.46. The number of benzene rings is 6. The van der Waals surface area contributed by atoms with Gasteiger partial charge in [-0.15, -0.1) is 0 Å².